The molecule has 0 radical (unpaired) electrons. The predicted octanol–water partition coefficient (Wildman–Crippen LogP) is 2.88. The van der Waals surface area contributed by atoms with E-state index < -0.39 is 0 Å². The highest BCUT2D eigenvalue weighted by Crippen LogP contribution is 2.24. The molecule has 4 nitrogen and oxygen atoms in total. The van der Waals surface area contributed by atoms with Gasteiger partial charge in [-0.2, -0.15) is 0 Å². The highest BCUT2D eigenvalue weighted by Gasteiger charge is 2.08. The fourth-order valence-corrected chi connectivity index (χ4v) is 1.85. The number of rotatable bonds is 6. The average Bonchev–Trinajstić information content (AvgIpc) is 2.43. The summed E-state index contributed by atoms with van der Waals surface area (Å²) >= 11 is 0. The van der Waals surface area contributed by atoms with Crippen molar-refractivity contribution in [1.29, 1.82) is 0 Å². The zero-order valence-electron chi connectivity index (χ0n) is 11.5. The summed E-state index contributed by atoms with van der Waals surface area (Å²) in [5, 5.41) is 2.96. The third-order valence-corrected chi connectivity index (χ3v) is 2.68. The number of hydrogen-bond donors (Lipinski definition) is 1. The predicted molar refractivity (Wildman–Crippen MR) is 74.2 cm³/mol. The second kappa shape index (κ2) is 6.98. The van der Waals surface area contributed by atoms with Crippen molar-refractivity contribution in [3.8, 4) is 11.6 Å². The van der Waals surface area contributed by atoms with Crippen LogP contribution in [0.4, 0.5) is 4.39 Å². The Hall–Kier alpha value is -1.98. The lowest BCUT2D eigenvalue weighted by Crippen LogP contribution is -2.07. The van der Waals surface area contributed by atoms with Gasteiger partial charge in [0.2, 0.25) is 5.88 Å². The highest BCUT2D eigenvalue weighted by atomic mass is 19.1. The van der Waals surface area contributed by atoms with Crippen LogP contribution in [0, 0.1) is 5.82 Å². The van der Waals surface area contributed by atoms with E-state index in [-0.39, 0.29) is 5.82 Å². The fourth-order valence-electron chi connectivity index (χ4n) is 1.85. The Morgan fingerprint density at radius 3 is 2.90 bits per heavy atom. The van der Waals surface area contributed by atoms with Gasteiger partial charge >= 0.3 is 0 Å². The SMILES string of the molecule is CNCc1cc(F)cnc1Oc1cccc(COC)c1. The molecule has 1 heterocycles. The number of nitrogens with one attached hydrogen (secondary N) is 1. The van der Waals surface area contributed by atoms with Gasteiger partial charge in [-0.3, -0.25) is 0 Å². The lowest BCUT2D eigenvalue weighted by molar-refractivity contribution is 0.184. The molecule has 2 rings (SSSR count). The second-order valence-corrected chi connectivity index (χ2v) is 4.33. The average molecular weight is 276 g/mol. The van der Waals surface area contributed by atoms with Crippen LogP contribution in [0.3, 0.4) is 0 Å². The van der Waals surface area contributed by atoms with E-state index in [2.05, 4.69) is 10.3 Å². The monoisotopic (exact) mass is 276 g/mol. The Kier molecular flexibility index (Phi) is 5.03. The molecule has 0 saturated heterocycles. The second-order valence-electron chi connectivity index (χ2n) is 4.33. The van der Waals surface area contributed by atoms with Crippen LogP contribution in [0.1, 0.15) is 11.1 Å². The van der Waals surface area contributed by atoms with E-state index in [0.29, 0.717) is 30.3 Å². The number of nitrogens with zero attached hydrogens (tertiary/aromatic N) is 1. The molecular weight excluding hydrogens is 259 g/mol. The number of methoxy groups -OCH3 is 1. The van der Waals surface area contributed by atoms with E-state index in [1.165, 1.54) is 6.07 Å². The molecule has 106 valence electrons. The minimum Gasteiger partial charge on any atom is -0.439 e. The zero-order valence-corrected chi connectivity index (χ0v) is 11.5. The molecule has 0 fully saturated rings. The Bertz CT molecular complexity index is 576. The summed E-state index contributed by atoms with van der Waals surface area (Å²) in [6, 6.07) is 8.94. The Balaban J connectivity index is 2.22. The summed E-state index contributed by atoms with van der Waals surface area (Å²) in [5.74, 6) is 0.669. The minimum atomic E-state index is -0.379. The molecule has 1 aromatic carbocycles. The summed E-state index contributed by atoms with van der Waals surface area (Å²) in [7, 11) is 3.42. The van der Waals surface area contributed by atoms with Crippen LogP contribution in [-0.2, 0) is 17.9 Å². The van der Waals surface area contributed by atoms with E-state index in [1.807, 2.05) is 24.3 Å². The molecule has 0 atom stereocenters. The maximum absolute atomic E-state index is 13.2. The molecule has 0 aliphatic heterocycles. The third kappa shape index (κ3) is 3.76. The first-order chi connectivity index (χ1) is 9.72. The van der Waals surface area contributed by atoms with Gasteiger partial charge in [-0.15, -0.1) is 0 Å². The summed E-state index contributed by atoms with van der Waals surface area (Å²) < 4.78 is 24.0. The highest BCUT2D eigenvalue weighted by molar-refractivity contribution is 5.34. The van der Waals surface area contributed by atoms with Crippen LogP contribution in [0.5, 0.6) is 11.6 Å². The zero-order chi connectivity index (χ0) is 14.4. The van der Waals surface area contributed by atoms with Gasteiger partial charge in [0.05, 0.1) is 12.8 Å². The van der Waals surface area contributed by atoms with Crippen LogP contribution < -0.4 is 10.1 Å². The minimum absolute atomic E-state index is 0.379. The molecule has 0 aliphatic rings. The van der Waals surface area contributed by atoms with Crippen LogP contribution >= 0.6 is 0 Å². The number of benzene rings is 1. The molecular formula is C15H17FN2O2. The maximum atomic E-state index is 13.2. The van der Waals surface area contributed by atoms with Gasteiger partial charge in [0.25, 0.3) is 0 Å². The lowest BCUT2D eigenvalue weighted by Gasteiger charge is -2.10. The molecule has 1 aromatic heterocycles. The molecule has 0 bridgehead atoms. The molecule has 0 unspecified atom stereocenters. The number of aromatic nitrogens is 1. The molecule has 5 heteroatoms. The first kappa shape index (κ1) is 14.4. The van der Waals surface area contributed by atoms with E-state index in [9.17, 15) is 4.39 Å². The van der Waals surface area contributed by atoms with Gasteiger partial charge < -0.3 is 14.8 Å². The fraction of sp³-hybridized carbons (Fsp3) is 0.267. The molecule has 1 N–H and O–H groups in total. The molecule has 20 heavy (non-hydrogen) atoms. The van der Waals surface area contributed by atoms with Gasteiger partial charge in [0.15, 0.2) is 0 Å². The van der Waals surface area contributed by atoms with Gasteiger partial charge in [-0.05, 0) is 30.8 Å². The van der Waals surface area contributed by atoms with Crippen molar-refractivity contribution in [2.45, 2.75) is 13.2 Å². The number of hydrogen-bond acceptors (Lipinski definition) is 4. The first-order valence-corrected chi connectivity index (χ1v) is 6.27. The largest absolute Gasteiger partial charge is 0.439 e. The molecule has 0 spiro atoms. The lowest BCUT2D eigenvalue weighted by atomic mass is 10.2. The van der Waals surface area contributed by atoms with Crippen LogP contribution in [-0.4, -0.2) is 19.1 Å². The van der Waals surface area contributed by atoms with Gasteiger partial charge in [-0.1, -0.05) is 12.1 Å². The summed E-state index contributed by atoms with van der Waals surface area (Å²) in [5.41, 5.74) is 1.67. The van der Waals surface area contributed by atoms with E-state index in [4.69, 9.17) is 9.47 Å². The normalized spacial score (nSPS) is 10.6. The topological polar surface area (TPSA) is 43.4 Å². The smallest absolute Gasteiger partial charge is 0.223 e. The summed E-state index contributed by atoms with van der Waals surface area (Å²) in [4.78, 5) is 4.00. The van der Waals surface area contributed by atoms with Crippen LogP contribution in [0.2, 0.25) is 0 Å². The van der Waals surface area contributed by atoms with Crippen LogP contribution in [0.15, 0.2) is 36.5 Å². The Morgan fingerprint density at radius 2 is 2.15 bits per heavy atom. The number of halogens is 1. The van der Waals surface area contributed by atoms with Gasteiger partial charge in [0, 0.05) is 19.2 Å². The van der Waals surface area contributed by atoms with Crippen molar-refractivity contribution < 1.29 is 13.9 Å². The van der Waals surface area contributed by atoms with Gasteiger partial charge in [0.1, 0.15) is 11.6 Å². The Labute approximate surface area is 117 Å². The molecule has 0 saturated carbocycles. The molecule has 0 aliphatic carbocycles. The van der Waals surface area contributed by atoms with Crippen molar-refractivity contribution in [3.63, 3.8) is 0 Å². The molecule has 0 amide bonds. The van der Waals surface area contributed by atoms with Crippen molar-refractivity contribution in [2.24, 2.45) is 0 Å². The van der Waals surface area contributed by atoms with Crippen molar-refractivity contribution in [3.05, 3.63) is 53.5 Å². The van der Waals surface area contributed by atoms with E-state index >= 15 is 0 Å². The number of ether oxygens (including phenoxy) is 2. The van der Waals surface area contributed by atoms with Gasteiger partial charge in [-0.25, -0.2) is 9.37 Å². The van der Waals surface area contributed by atoms with E-state index in [1.54, 1.807) is 14.2 Å². The van der Waals surface area contributed by atoms with Crippen LogP contribution in [0.25, 0.3) is 0 Å². The van der Waals surface area contributed by atoms with E-state index in [0.717, 1.165) is 11.8 Å². The standard InChI is InChI=1S/C15H17FN2O2/c1-17-8-12-7-13(16)9-18-15(12)20-14-5-3-4-11(6-14)10-19-2/h3-7,9,17H,8,10H2,1-2H3. The third-order valence-electron chi connectivity index (χ3n) is 2.68. The van der Waals surface area contributed by atoms with Crippen molar-refractivity contribution in [1.82, 2.24) is 10.3 Å². The maximum Gasteiger partial charge on any atom is 0.223 e. The first-order valence-electron chi connectivity index (χ1n) is 6.27. The summed E-state index contributed by atoms with van der Waals surface area (Å²) in [6.07, 6.45) is 1.15. The Morgan fingerprint density at radius 1 is 1.30 bits per heavy atom. The quantitative estimate of drug-likeness (QED) is 0.881. The van der Waals surface area contributed by atoms with Crippen molar-refractivity contribution >= 4 is 0 Å². The van der Waals surface area contributed by atoms with Crippen molar-refractivity contribution in [2.75, 3.05) is 14.2 Å². The molecule has 2 aromatic rings. The summed E-state index contributed by atoms with van der Waals surface area (Å²) in [6.45, 7) is 0.995. The number of pyridine rings is 1.